The maximum absolute atomic E-state index is 10.8. The molecule has 0 aliphatic heterocycles. The van der Waals surface area contributed by atoms with Crippen LogP contribution in [0.4, 0.5) is 0 Å². The molecular weight excluding hydrogens is 236 g/mol. The van der Waals surface area contributed by atoms with Gasteiger partial charge in [-0.15, -0.1) is 0 Å². The third-order valence-electron chi connectivity index (χ3n) is 2.75. The molecule has 15 heavy (non-hydrogen) atoms. The highest BCUT2D eigenvalue weighted by atomic mass is 35.7. The molecule has 0 radical (unpaired) electrons. The van der Waals surface area contributed by atoms with Crippen LogP contribution in [0, 0.1) is 0 Å². The van der Waals surface area contributed by atoms with Gasteiger partial charge in [0.25, 0.3) is 0 Å². The molecule has 1 heterocycles. The Morgan fingerprint density at radius 2 is 2.13 bits per heavy atom. The summed E-state index contributed by atoms with van der Waals surface area (Å²) in [6, 6.07) is 1.82. The van der Waals surface area contributed by atoms with Crippen molar-refractivity contribution in [3.8, 4) is 0 Å². The van der Waals surface area contributed by atoms with E-state index in [-0.39, 0.29) is 5.75 Å². The number of nitrogens with zero attached hydrogens (tertiary/aromatic N) is 1. The number of H-pyrrole nitrogens is 1. The normalized spacial score (nSPS) is 18.5. The van der Waals surface area contributed by atoms with Crippen LogP contribution in [0.5, 0.6) is 0 Å². The Bertz CT molecular complexity index is 435. The van der Waals surface area contributed by atoms with Crippen molar-refractivity contribution >= 4 is 19.7 Å². The summed E-state index contributed by atoms with van der Waals surface area (Å²) in [7, 11) is 1.67. The van der Waals surface area contributed by atoms with Crippen molar-refractivity contribution in [1.29, 1.82) is 0 Å². The molecule has 1 fully saturated rings. The van der Waals surface area contributed by atoms with Crippen LogP contribution in [0.1, 0.15) is 43.0 Å². The molecule has 0 amide bonds. The Labute approximate surface area is 93.4 Å². The SMILES string of the molecule is O=S(=O)(Cl)Cc1cc(C2CCCC2)n[nH]1. The zero-order valence-electron chi connectivity index (χ0n) is 8.24. The van der Waals surface area contributed by atoms with Crippen LogP contribution in [0.15, 0.2) is 6.07 Å². The Balaban J connectivity index is 2.10. The van der Waals surface area contributed by atoms with Gasteiger partial charge in [0.15, 0.2) is 0 Å². The lowest BCUT2D eigenvalue weighted by atomic mass is 10.0. The fraction of sp³-hybridized carbons (Fsp3) is 0.667. The minimum absolute atomic E-state index is 0.172. The highest BCUT2D eigenvalue weighted by Gasteiger charge is 2.20. The molecule has 0 aromatic carbocycles. The van der Waals surface area contributed by atoms with Gasteiger partial charge in [0, 0.05) is 16.6 Å². The zero-order chi connectivity index (χ0) is 10.9. The third-order valence-corrected chi connectivity index (χ3v) is 3.74. The molecule has 84 valence electrons. The lowest BCUT2D eigenvalue weighted by Gasteiger charge is -2.01. The van der Waals surface area contributed by atoms with Crippen molar-refractivity contribution in [3.05, 3.63) is 17.5 Å². The molecule has 0 unspecified atom stereocenters. The van der Waals surface area contributed by atoms with Gasteiger partial charge in [0.1, 0.15) is 5.75 Å². The Hall–Kier alpha value is -0.550. The molecule has 4 nitrogen and oxygen atoms in total. The highest BCUT2D eigenvalue weighted by molar-refractivity contribution is 8.13. The van der Waals surface area contributed by atoms with E-state index >= 15 is 0 Å². The van der Waals surface area contributed by atoms with E-state index < -0.39 is 9.05 Å². The lowest BCUT2D eigenvalue weighted by Crippen LogP contribution is -1.94. The maximum Gasteiger partial charge on any atom is 0.238 e. The van der Waals surface area contributed by atoms with Gasteiger partial charge in [0.05, 0.1) is 11.4 Å². The van der Waals surface area contributed by atoms with Crippen molar-refractivity contribution in [3.63, 3.8) is 0 Å². The predicted molar refractivity (Wildman–Crippen MR) is 58.3 cm³/mol. The van der Waals surface area contributed by atoms with Crippen molar-refractivity contribution < 1.29 is 8.42 Å². The fourth-order valence-corrected chi connectivity index (χ4v) is 2.94. The molecule has 1 aliphatic rings. The Morgan fingerprint density at radius 3 is 2.73 bits per heavy atom. The van der Waals surface area contributed by atoms with E-state index in [9.17, 15) is 8.42 Å². The molecule has 0 spiro atoms. The Kier molecular flexibility index (Phi) is 3.02. The first-order valence-corrected chi connectivity index (χ1v) is 7.49. The molecule has 1 aromatic rings. The largest absolute Gasteiger partial charge is 0.281 e. The van der Waals surface area contributed by atoms with Crippen molar-refractivity contribution in [2.24, 2.45) is 0 Å². The number of aromatic nitrogens is 2. The minimum atomic E-state index is -3.49. The van der Waals surface area contributed by atoms with Gasteiger partial charge in [-0.3, -0.25) is 5.10 Å². The van der Waals surface area contributed by atoms with Gasteiger partial charge in [-0.1, -0.05) is 12.8 Å². The van der Waals surface area contributed by atoms with E-state index in [0.29, 0.717) is 11.6 Å². The summed E-state index contributed by atoms with van der Waals surface area (Å²) >= 11 is 0. The molecule has 2 rings (SSSR count). The number of nitrogens with one attached hydrogen (secondary N) is 1. The first-order valence-electron chi connectivity index (χ1n) is 5.01. The van der Waals surface area contributed by atoms with Crippen LogP contribution in [0.2, 0.25) is 0 Å². The van der Waals surface area contributed by atoms with Gasteiger partial charge < -0.3 is 0 Å². The van der Waals surface area contributed by atoms with Gasteiger partial charge in [0.2, 0.25) is 9.05 Å². The quantitative estimate of drug-likeness (QED) is 0.834. The summed E-state index contributed by atoms with van der Waals surface area (Å²) in [6.45, 7) is 0. The number of hydrogen-bond donors (Lipinski definition) is 1. The van der Waals surface area contributed by atoms with Gasteiger partial charge >= 0.3 is 0 Å². The maximum atomic E-state index is 10.8. The van der Waals surface area contributed by atoms with E-state index in [1.54, 1.807) is 0 Å². The van der Waals surface area contributed by atoms with Crippen LogP contribution in [-0.4, -0.2) is 18.6 Å². The standard InChI is InChI=1S/C9H13ClN2O2S/c10-15(13,14)6-8-5-9(12-11-8)7-3-1-2-4-7/h5,7H,1-4,6H2,(H,11,12). The molecule has 6 heteroatoms. The summed E-state index contributed by atoms with van der Waals surface area (Å²) in [6.07, 6.45) is 4.77. The molecular formula is C9H13ClN2O2S. The van der Waals surface area contributed by atoms with Gasteiger partial charge in [-0.25, -0.2) is 8.42 Å². The number of aromatic amines is 1. The van der Waals surface area contributed by atoms with Crippen LogP contribution in [0.3, 0.4) is 0 Å². The molecule has 1 N–H and O–H groups in total. The summed E-state index contributed by atoms with van der Waals surface area (Å²) < 4.78 is 21.7. The molecule has 0 saturated heterocycles. The smallest absolute Gasteiger partial charge is 0.238 e. The monoisotopic (exact) mass is 248 g/mol. The average Bonchev–Trinajstić information content (AvgIpc) is 2.68. The molecule has 1 aromatic heterocycles. The summed E-state index contributed by atoms with van der Waals surface area (Å²) in [4.78, 5) is 0. The topological polar surface area (TPSA) is 62.8 Å². The second-order valence-electron chi connectivity index (χ2n) is 3.98. The fourth-order valence-electron chi connectivity index (χ4n) is 2.07. The molecule has 0 bridgehead atoms. The molecule has 1 aliphatic carbocycles. The second-order valence-corrected chi connectivity index (χ2v) is 6.76. The van der Waals surface area contributed by atoms with Crippen molar-refractivity contribution in [2.75, 3.05) is 0 Å². The Morgan fingerprint density at radius 1 is 1.47 bits per heavy atom. The predicted octanol–water partition coefficient (Wildman–Crippen LogP) is 2.14. The lowest BCUT2D eigenvalue weighted by molar-refractivity contribution is 0.608. The van der Waals surface area contributed by atoms with Crippen LogP contribution in [0.25, 0.3) is 0 Å². The first kappa shape index (κ1) is 11.0. The van der Waals surface area contributed by atoms with Crippen LogP contribution < -0.4 is 0 Å². The van der Waals surface area contributed by atoms with Gasteiger partial charge in [-0.05, 0) is 18.9 Å². The number of halogens is 1. The summed E-state index contributed by atoms with van der Waals surface area (Å²) in [5.41, 5.74) is 1.55. The first-order chi connectivity index (χ1) is 7.04. The highest BCUT2D eigenvalue weighted by Crippen LogP contribution is 2.33. The summed E-state index contributed by atoms with van der Waals surface area (Å²) in [5, 5.41) is 6.86. The molecule has 1 saturated carbocycles. The second kappa shape index (κ2) is 4.14. The van der Waals surface area contributed by atoms with Gasteiger partial charge in [-0.2, -0.15) is 5.10 Å². The van der Waals surface area contributed by atoms with E-state index in [1.165, 1.54) is 12.8 Å². The summed E-state index contributed by atoms with van der Waals surface area (Å²) in [5.74, 6) is 0.321. The average molecular weight is 249 g/mol. The van der Waals surface area contributed by atoms with Crippen LogP contribution in [-0.2, 0) is 14.8 Å². The minimum Gasteiger partial charge on any atom is -0.281 e. The van der Waals surface area contributed by atoms with E-state index in [2.05, 4.69) is 10.2 Å². The third kappa shape index (κ3) is 2.95. The number of hydrogen-bond acceptors (Lipinski definition) is 3. The van der Waals surface area contributed by atoms with Crippen LogP contribution >= 0.6 is 10.7 Å². The van der Waals surface area contributed by atoms with E-state index in [1.807, 2.05) is 6.07 Å². The number of rotatable bonds is 3. The van der Waals surface area contributed by atoms with E-state index in [4.69, 9.17) is 10.7 Å². The van der Waals surface area contributed by atoms with Crippen molar-refractivity contribution in [2.45, 2.75) is 37.4 Å². The molecule has 0 atom stereocenters. The van der Waals surface area contributed by atoms with Crippen molar-refractivity contribution in [1.82, 2.24) is 10.2 Å². The van der Waals surface area contributed by atoms with E-state index in [0.717, 1.165) is 18.5 Å². The zero-order valence-corrected chi connectivity index (χ0v) is 9.81.